The molecule has 0 N–H and O–H groups in total. The first-order chi connectivity index (χ1) is 10.5. The van der Waals surface area contributed by atoms with Gasteiger partial charge in [0.15, 0.2) is 0 Å². The van der Waals surface area contributed by atoms with E-state index in [1.165, 1.54) is 11.3 Å². The van der Waals surface area contributed by atoms with Gasteiger partial charge in [-0.3, -0.25) is 4.90 Å². The second kappa shape index (κ2) is 6.86. The molecule has 2 saturated heterocycles. The van der Waals surface area contributed by atoms with Gasteiger partial charge in [-0.05, 0) is 36.3 Å². The summed E-state index contributed by atoms with van der Waals surface area (Å²) in [5.74, 6) is 0.483. The zero-order valence-corrected chi connectivity index (χ0v) is 14.8. The van der Waals surface area contributed by atoms with Gasteiger partial charge in [-0.2, -0.15) is 0 Å². The molecule has 2 aliphatic heterocycles. The molecule has 0 spiro atoms. The smallest absolute Gasteiger partial charge is 0.211 e. The van der Waals surface area contributed by atoms with Crippen LogP contribution >= 0.6 is 11.3 Å². The van der Waals surface area contributed by atoms with Gasteiger partial charge < -0.3 is 4.90 Å². The maximum absolute atomic E-state index is 11.7. The molecule has 2 fully saturated rings. The standard InChI is InChI=1S/C15H25N3O2S2/c1-22(19,20)18-6-2-4-14(13-18)12-16-7-9-17(10-8-16)15-5-3-11-21-15/h3,5,11,14H,2,4,6-10,12-13H2,1H3. The number of thiophene rings is 1. The van der Waals surface area contributed by atoms with Crippen LogP contribution in [0, 0.1) is 5.92 Å². The average molecular weight is 344 g/mol. The fraction of sp³-hybridized carbons (Fsp3) is 0.733. The molecule has 1 aromatic rings. The molecule has 0 amide bonds. The lowest BCUT2D eigenvalue weighted by atomic mass is 9.99. The Morgan fingerprint density at radius 2 is 2.00 bits per heavy atom. The van der Waals surface area contributed by atoms with Crippen molar-refractivity contribution in [2.75, 3.05) is 57.0 Å². The number of piperidine rings is 1. The molecule has 0 aromatic carbocycles. The van der Waals surface area contributed by atoms with E-state index in [9.17, 15) is 8.42 Å². The van der Waals surface area contributed by atoms with Crippen LogP contribution in [0.15, 0.2) is 17.5 Å². The van der Waals surface area contributed by atoms with E-state index in [4.69, 9.17) is 0 Å². The van der Waals surface area contributed by atoms with Crippen LogP contribution in [0.25, 0.3) is 0 Å². The van der Waals surface area contributed by atoms with Crippen LogP contribution in [0.1, 0.15) is 12.8 Å². The maximum atomic E-state index is 11.7. The average Bonchev–Trinajstić information content (AvgIpc) is 3.02. The van der Waals surface area contributed by atoms with E-state index < -0.39 is 10.0 Å². The molecule has 3 rings (SSSR count). The SMILES string of the molecule is CS(=O)(=O)N1CCCC(CN2CCN(c3cccs3)CC2)C1. The van der Waals surface area contributed by atoms with E-state index in [1.807, 2.05) is 0 Å². The molecule has 2 aliphatic rings. The van der Waals surface area contributed by atoms with Gasteiger partial charge >= 0.3 is 0 Å². The van der Waals surface area contributed by atoms with Gasteiger partial charge in [0.25, 0.3) is 0 Å². The summed E-state index contributed by atoms with van der Waals surface area (Å²) in [7, 11) is -3.03. The normalized spacial score (nSPS) is 25.5. The zero-order valence-electron chi connectivity index (χ0n) is 13.1. The number of nitrogens with zero attached hydrogens (tertiary/aromatic N) is 3. The third-order valence-corrected chi connectivity index (χ3v) is 6.86. The predicted octanol–water partition coefficient (Wildman–Crippen LogP) is 1.54. The fourth-order valence-electron chi connectivity index (χ4n) is 3.44. The fourth-order valence-corrected chi connectivity index (χ4v) is 5.17. The highest BCUT2D eigenvalue weighted by molar-refractivity contribution is 7.88. The molecule has 1 atom stereocenters. The summed E-state index contributed by atoms with van der Waals surface area (Å²) in [5, 5.41) is 3.49. The van der Waals surface area contributed by atoms with Crippen LogP contribution in [0.4, 0.5) is 5.00 Å². The monoisotopic (exact) mass is 343 g/mol. The van der Waals surface area contributed by atoms with Crippen molar-refractivity contribution in [3.8, 4) is 0 Å². The Labute approximate surface area is 137 Å². The van der Waals surface area contributed by atoms with Gasteiger partial charge in [-0.25, -0.2) is 12.7 Å². The highest BCUT2D eigenvalue weighted by atomic mass is 32.2. The molecule has 1 unspecified atom stereocenters. The second-order valence-corrected chi connectivity index (χ2v) is 9.28. The Morgan fingerprint density at radius 1 is 1.23 bits per heavy atom. The van der Waals surface area contributed by atoms with E-state index in [0.717, 1.165) is 45.6 Å². The Balaban J connectivity index is 1.48. The maximum Gasteiger partial charge on any atom is 0.211 e. The quantitative estimate of drug-likeness (QED) is 0.832. The van der Waals surface area contributed by atoms with Crippen molar-refractivity contribution in [2.24, 2.45) is 5.92 Å². The highest BCUT2D eigenvalue weighted by Crippen LogP contribution is 2.24. The van der Waals surface area contributed by atoms with E-state index in [1.54, 1.807) is 15.6 Å². The number of piperazine rings is 1. The van der Waals surface area contributed by atoms with Crippen molar-refractivity contribution in [1.29, 1.82) is 0 Å². The van der Waals surface area contributed by atoms with Crippen molar-refractivity contribution in [1.82, 2.24) is 9.21 Å². The molecular weight excluding hydrogens is 318 g/mol. The second-order valence-electron chi connectivity index (χ2n) is 6.37. The summed E-state index contributed by atoms with van der Waals surface area (Å²) < 4.78 is 25.1. The van der Waals surface area contributed by atoms with Crippen LogP contribution in [-0.2, 0) is 10.0 Å². The lowest BCUT2D eigenvalue weighted by molar-refractivity contribution is 0.172. The minimum atomic E-state index is -3.03. The number of sulfonamides is 1. The number of rotatable bonds is 4. The Kier molecular flexibility index (Phi) is 5.07. The van der Waals surface area contributed by atoms with E-state index in [-0.39, 0.29) is 0 Å². The number of anilines is 1. The van der Waals surface area contributed by atoms with Crippen molar-refractivity contribution in [2.45, 2.75) is 12.8 Å². The predicted molar refractivity (Wildman–Crippen MR) is 92.1 cm³/mol. The van der Waals surface area contributed by atoms with E-state index >= 15 is 0 Å². The molecule has 0 aliphatic carbocycles. The van der Waals surface area contributed by atoms with Crippen molar-refractivity contribution in [3.63, 3.8) is 0 Å². The first-order valence-electron chi connectivity index (χ1n) is 7.98. The van der Waals surface area contributed by atoms with Crippen molar-refractivity contribution >= 4 is 26.4 Å². The van der Waals surface area contributed by atoms with Crippen LogP contribution in [0.5, 0.6) is 0 Å². The molecule has 0 bridgehead atoms. The third-order valence-electron chi connectivity index (χ3n) is 4.66. The van der Waals surface area contributed by atoms with Gasteiger partial charge in [0.05, 0.1) is 11.3 Å². The van der Waals surface area contributed by atoms with Crippen molar-refractivity contribution in [3.05, 3.63) is 17.5 Å². The van der Waals surface area contributed by atoms with Crippen LogP contribution in [0.2, 0.25) is 0 Å². The summed E-state index contributed by atoms with van der Waals surface area (Å²) in [6.07, 6.45) is 3.47. The first kappa shape index (κ1) is 16.2. The highest BCUT2D eigenvalue weighted by Gasteiger charge is 2.28. The molecule has 1 aromatic heterocycles. The molecule has 7 heteroatoms. The van der Waals surface area contributed by atoms with Gasteiger partial charge in [-0.1, -0.05) is 0 Å². The van der Waals surface area contributed by atoms with Crippen LogP contribution in [0.3, 0.4) is 0 Å². The molecule has 5 nitrogen and oxygen atoms in total. The lowest BCUT2D eigenvalue weighted by Crippen LogP contribution is -2.50. The van der Waals surface area contributed by atoms with Gasteiger partial charge in [-0.15, -0.1) is 11.3 Å². The largest absolute Gasteiger partial charge is 0.361 e. The van der Waals surface area contributed by atoms with Crippen molar-refractivity contribution < 1.29 is 8.42 Å². The molecule has 0 radical (unpaired) electrons. The molecule has 3 heterocycles. The van der Waals surface area contributed by atoms with Gasteiger partial charge in [0.1, 0.15) is 0 Å². The summed E-state index contributed by atoms with van der Waals surface area (Å²) in [5.41, 5.74) is 0. The molecule has 0 saturated carbocycles. The van der Waals surface area contributed by atoms with Gasteiger partial charge in [0, 0.05) is 45.8 Å². The molecular formula is C15H25N3O2S2. The third kappa shape index (κ3) is 4.01. The summed E-state index contributed by atoms with van der Waals surface area (Å²) >= 11 is 1.80. The lowest BCUT2D eigenvalue weighted by Gasteiger charge is -2.39. The Bertz CT molecular complexity index is 566. The molecule has 124 valence electrons. The van der Waals surface area contributed by atoms with E-state index in [0.29, 0.717) is 19.0 Å². The summed E-state index contributed by atoms with van der Waals surface area (Å²) in [6, 6.07) is 4.29. The first-order valence-corrected chi connectivity index (χ1v) is 10.7. The number of hydrogen-bond donors (Lipinski definition) is 0. The minimum Gasteiger partial charge on any atom is -0.361 e. The van der Waals surface area contributed by atoms with Crippen LogP contribution in [-0.4, -0.2) is 69.7 Å². The molecule has 22 heavy (non-hydrogen) atoms. The Hall–Kier alpha value is -0.630. The van der Waals surface area contributed by atoms with Crippen LogP contribution < -0.4 is 4.90 Å². The summed E-state index contributed by atoms with van der Waals surface area (Å²) in [4.78, 5) is 4.95. The minimum absolute atomic E-state index is 0.483. The van der Waals surface area contributed by atoms with E-state index in [2.05, 4.69) is 27.3 Å². The number of hydrogen-bond acceptors (Lipinski definition) is 5. The zero-order chi connectivity index (χ0) is 15.6. The Morgan fingerprint density at radius 3 is 2.64 bits per heavy atom. The van der Waals surface area contributed by atoms with Gasteiger partial charge in [0.2, 0.25) is 10.0 Å². The summed E-state index contributed by atoms with van der Waals surface area (Å²) in [6.45, 7) is 6.72. The topological polar surface area (TPSA) is 43.9 Å².